The first-order valence-electron chi connectivity index (χ1n) is 2.00. The van der Waals surface area contributed by atoms with Gasteiger partial charge in [0, 0.05) is 19.2 Å². The SMILES string of the molecule is C1=NC=NCC1.Cl. The number of hydrogen-bond acceptors (Lipinski definition) is 2. The van der Waals surface area contributed by atoms with E-state index in [1.54, 1.807) is 6.34 Å². The summed E-state index contributed by atoms with van der Waals surface area (Å²) in [7, 11) is 0. The zero-order valence-electron chi connectivity index (χ0n) is 3.87. The predicted octanol–water partition coefficient (Wildman–Crippen LogP) is 0.911. The standard InChI is InChI=1S/C4H6N2.ClH/c1-2-5-4-6-3-1;/h2,4H,1,3H2;1H. The molecule has 1 aliphatic rings. The van der Waals surface area contributed by atoms with Crippen LogP contribution in [-0.4, -0.2) is 19.1 Å². The quantitative estimate of drug-likeness (QED) is 0.452. The minimum Gasteiger partial charge on any atom is -0.273 e. The molecule has 3 heteroatoms. The van der Waals surface area contributed by atoms with Crippen molar-refractivity contribution in [2.45, 2.75) is 6.42 Å². The van der Waals surface area contributed by atoms with Crippen molar-refractivity contribution in [2.24, 2.45) is 9.98 Å². The molecule has 1 heterocycles. The topological polar surface area (TPSA) is 24.7 Å². The maximum absolute atomic E-state index is 3.85. The zero-order chi connectivity index (χ0) is 4.24. The van der Waals surface area contributed by atoms with Crippen molar-refractivity contribution in [1.82, 2.24) is 0 Å². The van der Waals surface area contributed by atoms with E-state index in [-0.39, 0.29) is 12.4 Å². The molecule has 0 atom stereocenters. The van der Waals surface area contributed by atoms with Crippen LogP contribution >= 0.6 is 12.4 Å². The van der Waals surface area contributed by atoms with Crippen LogP contribution in [0.3, 0.4) is 0 Å². The highest BCUT2D eigenvalue weighted by molar-refractivity contribution is 5.85. The van der Waals surface area contributed by atoms with Crippen LogP contribution in [0.25, 0.3) is 0 Å². The largest absolute Gasteiger partial charge is 0.273 e. The molecule has 0 bridgehead atoms. The van der Waals surface area contributed by atoms with Crippen molar-refractivity contribution in [3.8, 4) is 0 Å². The summed E-state index contributed by atoms with van der Waals surface area (Å²) in [5, 5.41) is 0. The smallest absolute Gasteiger partial charge is 0.109 e. The second kappa shape index (κ2) is 3.81. The molecule has 0 radical (unpaired) electrons. The van der Waals surface area contributed by atoms with Crippen LogP contribution in [0.1, 0.15) is 6.42 Å². The molecule has 1 aliphatic heterocycles. The van der Waals surface area contributed by atoms with Crippen LogP contribution in [-0.2, 0) is 0 Å². The predicted molar refractivity (Wildman–Crippen MR) is 33.7 cm³/mol. The Kier molecular flexibility index (Phi) is 3.61. The van der Waals surface area contributed by atoms with E-state index in [1.807, 2.05) is 6.21 Å². The Morgan fingerprint density at radius 2 is 2.29 bits per heavy atom. The van der Waals surface area contributed by atoms with Gasteiger partial charge < -0.3 is 0 Å². The van der Waals surface area contributed by atoms with Gasteiger partial charge >= 0.3 is 0 Å². The molecule has 7 heavy (non-hydrogen) atoms. The average Bonchev–Trinajstić information content (AvgIpc) is 1.72. The fraction of sp³-hybridized carbons (Fsp3) is 0.500. The third-order valence-electron chi connectivity index (χ3n) is 0.641. The van der Waals surface area contributed by atoms with Gasteiger partial charge in [0.2, 0.25) is 0 Å². The Balaban J connectivity index is 0.000000360. The minimum atomic E-state index is 0. The molecule has 0 aromatic heterocycles. The highest BCUT2D eigenvalue weighted by Crippen LogP contribution is 1.80. The van der Waals surface area contributed by atoms with Gasteiger partial charge in [-0.15, -0.1) is 12.4 Å². The van der Waals surface area contributed by atoms with Crippen LogP contribution in [0, 0.1) is 0 Å². The van der Waals surface area contributed by atoms with Gasteiger partial charge in [-0.25, -0.2) is 4.99 Å². The summed E-state index contributed by atoms with van der Waals surface area (Å²) in [5.74, 6) is 0. The third kappa shape index (κ3) is 2.34. The number of halogens is 1. The van der Waals surface area contributed by atoms with E-state index >= 15 is 0 Å². The Morgan fingerprint density at radius 3 is 2.43 bits per heavy atom. The Morgan fingerprint density at radius 1 is 1.43 bits per heavy atom. The van der Waals surface area contributed by atoms with Crippen molar-refractivity contribution >= 4 is 25.0 Å². The molecule has 0 N–H and O–H groups in total. The highest BCUT2D eigenvalue weighted by Gasteiger charge is 1.79. The normalized spacial score (nSPS) is 16.0. The lowest BCUT2D eigenvalue weighted by Crippen LogP contribution is -1.87. The summed E-state index contributed by atoms with van der Waals surface area (Å²) in [4.78, 5) is 7.61. The fourth-order valence-electron chi connectivity index (χ4n) is 0.359. The first kappa shape index (κ1) is 6.63. The van der Waals surface area contributed by atoms with Gasteiger partial charge in [-0.1, -0.05) is 0 Å². The number of rotatable bonds is 0. The highest BCUT2D eigenvalue weighted by atomic mass is 35.5. The van der Waals surface area contributed by atoms with Gasteiger partial charge in [0.25, 0.3) is 0 Å². The lowest BCUT2D eigenvalue weighted by Gasteiger charge is -1.88. The molecule has 0 amide bonds. The monoisotopic (exact) mass is 118 g/mol. The van der Waals surface area contributed by atoms with Gasteiger partial charge in [0.15, 0.2) is 0 Å². The molecule has 2 nitrogen and oxygen atoms in total. The average molecular weight is 119 g/mol. The van der Waals surface area contributed by atoms with Crippen LogP contribution in [0.2, 0.25) is 0 Å². The van der Waals surface area contributed by atoms with Gasteiger partial charge in [0.05, 0.1) is 0 Å². The van der Waals surface area contributed by atoms with Crippen molar-refractivity contribution in [2.75, 3.05) is 6.54 Å². The molecule has 0 aromatic rings. The molecule has 40 valence electrons. The summed E-state index contributed by atoms with van der Waals surface area (Å²) in [6, 6.07) is 0. The van der Waals surface area contributed by atoms with Gasteiger partial charge in [-0.3, -0.25) is 4.99 Å². The van der Waals surface area contributed by atoms with Crippen LogP contribution in [0.4, 0.5) is 0 Å². The molecule has 0 unspecified atom stereocenters. The molecular formula is C4H7ClN2. The summed E-state index contributed by atoms with van der Waals surface area (Å²) < 4.78 is 0. The summed E-state index contributed by atoms with van der Waals surface area (Å²) >= 11 is 0. The molecule has 0 aromatic carbocycles. The van der Waals surface area contributed by atoms with E-state index in [1.165, 1.54) is 0 Å². The number of hydrogen-bond donors (Lipinski definition) is 0. The Labute approximate surface area is 48.8 Å². The minimum absolute atomic E-state index is 0. The van der Waals surface area contributed by atoms with Crippen LogP contribution in [0.15, 0.2) is 9.98 Å². The maximum Gasteiger partial charge on any atom is 0.109 e. The van der Waals surface area contributed by atoms with Crippen molar-refractivity contribution < 1.29 is 0 Å². The van der Waals surface area contributed by atoms with E-state index in [0.717, 1.165) is 13.0 Å². The number of nitrogens with zero attached hydrogens (tertiary/aromatic N) is 2. The summed E-state index contributed by atoms with van der Waals surface area (Å²) in [6.45, 7) is 0.920. The van der Waals surface area contributed by atoms with E-state index < -0.39 is 0 Å². The van der Waals surface area contributed by atoms with E-state index in [0.29, 0.717) is 0 Å². The zero-order valence-corrected chi connectivity index (χ0v) is 4.69. The van der Waals surface area contributed by atoms with Crippen molar-refractivity contribution in [3.05, 3.63) is 0 Å². The van der Waals surface area contributed by atoms with Gasteiger partial charge in [-0.2, -0.15) is 0 Å². The lowest BCUT2D eigenvalue weighted by molar-refractivity contribution is 1.04. The van der Waals surface area contributed by atoms with E-state index in [4.69, 9.17) is 0 Å². The maximum atomic E-state index is 3.85. The van der Waals surface area contributed by atoms with Crippen LogP contribution < -0.4 is 0 Å². The number of aliphatic imine (C=N–C) groups is 2. The molecule has 0 saturated carbocycles. The van der Waals surface area contributed by atoms with Gasteiger partial charge in [-0.05, 0) is 0 Å². The molecule has 0 spiro atoms. The molecule has 0 fully saturated rings. The van der Waals surface area contributed by atoms with E-state index in [9.17, 15) is 0 Å². The second-order valence-electron chi connectivity index (χ2n) is 1.14. The first-order valence-corrected chi connectivity index (χ1v) is 2.00. The molecule has 1 rings (SSSR count). The molecular weight excluding hydrogens is 112 g/mol. The Hall–Kier alpha value is -0.370. The van der Waals surface area contributed by atoms with Crippen LogP contribution in [0.5, 0.6) is 0 Å². The Bertz CT molecular complexity index is 75.7. The van der Waals surface area contributed by atoms with Gasteiger partial charge in [0.1, 0.15) is 6.34 Å². The lowest BCUT2D eigenvalue weighted by atomic mass is 10.4. The van der Waals surface area contributed by atoms with E-state index in [2.05, 4.69) is 9.98 Å². The molecule has 0 aliphatic carbocycles. The summed E-state index contributed by atoms with van der Waals surface area (Å²) in [5.41, 5.74) is 0. The third-order valence-corrected chi connectivity index (χ3v) is 0.641. The second-order valence-corrected chi connectivity index (χ2v) is 1.14. The first-order chi connectivity index (χ1) is 3.00. The van der Waals surface area contributed by atoms with Crippen molar-refractivity contribution in [1.29, 1.82) is 0 Å². The summed E-state index contributed by atoms with van der Waals surface area (Å²) in [6.07, 6.45) is 4.47. The fourth-order valence-corrected chi connectivity index (χ4v) is 0.359. The van der Waals surface area contributed by atoms with Crippen molar-refractivity contribution in [3.63, 3.8) is 0 Å². The molecule has 0 saturated heterocycles.